The van der Waals surface area contributed by atoms with Gasteiger partial charge in [-0.25, -0.2) is 0 Å². The van der Waals surface area contributed by atoms with E-state index in [2.05, 4.69) is 5.32 Å². The van der Waals surface area contributed by atoms with Crippen LogP contribution in [-0.2, 0) is 4.79 Å². The summed E-state index contributed by atoms with van der Waals surface area (Å²) in [7, 11) is 1.62. The van der Waals surface area contributed by atoms with E-state index in [9.17, 15) is 4.79 Å². The maximum atomic E-state index is 12.2. The number of anilines is 1. The number of benzene rings is 2. The van der Waals surface area contributed by atoms with Gasteiger partial charge < -0.3 is 10.1 Å². The number of thioether (sulfide) groups is 1. The molecule has 0 bridgehead atoms. The highest BCUT2D eigenvalue weighted by atomic mass is 32.2. The molecule has 2 aromatic rings. The van der Waals surface area contributed by atoms with Crippen LogP contribution in [0.5, 0.6) is 5.75 Å². The number of methoxy groups -OCH3 is 1. The summed E-state index contributed by atoms with van der Waals surface area (Å²) in [4.78, 5) is 13.2. The Balaban J connectivity index is 1.94. The van der Waals surface area contributed by atoms with E-state index in [1.165, 1.54) is 11.8 Å². The third-order valence-electron chi connectivity index (χ3n) is 3.02. The standard InChI is InChI=1S/C17H16N2O2S/c1-12(22-16-9-7-15(21-2)8-10-16)17(20)19-14-5-3-13(11-18)4-6-14/h3-10,12H,1-2H3,(H,19,20)/t12-/m1/s1. The highest BCUT2D eigenvalue weighted by Crippen LogP contribution is 2.26. The van der Waals surface area contributed by atoms with Crippen LogP contribution in [0.25, 0.3) is 0 Å². The van der Waals surface area contributed by atoms with E-state index in [0.717, 1.165) is 10.6 Å². The zero-order valence-electron chi connectivity index (χ0n) is 12.4. The predicted octanol–water partition coefficient (Wildman–Crippen LogP) is 3.69. The van der Waals surface area contributed by atoms with Gasteiger partial charge in [-0.2, -0.15) is 5.26 Å². The molecule has 0 aromatic heterocycles. The van der Waals surface area contributed by atoms with Crippen LogP contribution in [-0.4, -0.2) is 18.3 Å². The van der Waals surface area contributed by atoms with Gasteiger partial charge in [0.05, 0.1) is 24.0 Å². The number of nitrogens with zero attached hydrogens (tertiary/aromatic N) is 1. The largest absolute Gasteiger partial charge is 0.497 e. The van der Waals surface area contributed by atoms with Crippen LogP contribution in [0.2, 0.25) is 0 Å². The highest BCUT2D eigenvalue weighted by molar-refractivity contribution is 8.00. The fourth-order valence-corrected chi connectivity index (χ4v) is 2.65. The summed E-state index contributed by atoms with van der Waals surface area (Å²) in [6, 6.07) is 16.4. The van der Waals surface area contributed by atoms with Crippen LogP contribution in [0.4, 0.5) is 5.69 Å². The lowest BCUT2D eigenvalue weighted by Crippen LogP contribution is -2.22. The van der Waals surface area contributed by atoms with E-state index in [-0.39, 0.29) is 11.2 Å². The van der Waals surface area contributed by atoms with Crippen molar-refractivity contribution in [3.05, 3.63) is 54.1 Å². The summed E-state index contributed by atoms with van der Waals surface area (Å²) >= 11 is 1.48. The molecule has 5 heteroatoms. The van der Waals surface area contributed by atoms with Crippen molar-refractivity contribution in [3.8, 4) is 11.8 Å². The van der Waals surface area contributed by atoms with Crippen LogP contribution in [0.3, 0.4) is 0 Å². The zero-order valence-corrected chi connectivity index (χ0v) is 13.2. The lowest BCUT2D eigenvalue weighted by molar-refractivity contribution is -0.115. The van der Waals surface area contributed by atoms with Gasteiger partial charge in [-0.15, -0.1) is 11.8 Å². The number of nitriles is 1. The van der Waals surface area contributed by atoms with E-state index in [0.29, 0.717) is 11.3 Å². The van der Waals surface area contributed by atoms with Crippen molar-refractivity contribution >= 4 is 23.4 Å². The monoisotopic (exact) mass is 312 g/mol. The second-order valence-corrected chi connectivity index (χ2v) is 6.03. The summed E-state index contributed by atoms with van der Waals surface area (Å²) in [5, 5.41) is 11.4. The molecular weight excluding hydrogens is 296 g/mol. The van der Waals surface area contributed by atoms with Crippen LogP contribution in [0.1, 0.15) is 12.5 Å². The van der Waals surface area contributed by atoms with Crippen molar-refractivity contribution in [1.29, 1.82) is 5.26 Å². The third kappa shape index (κ3) is 4.27. The Morgan fingerprint density at radius 1 is 1.18 bits per heavy atom. The minimum atomic E-state index is -0.232. The van der Waals surface area contributed by atoms with Gasteiger partial charge in [0.1, 0.15) is 5.75 Å². The predicted molar refractivity (Wildman–Crippen MR) is 88.1 cm³/mol. The van der Waals surface area contributed by atoms with Gasteiger partial charge in [-0.1, -0.05) is 0 Å². The maximum absolute atomic E-state index is 12.2. The Morgan fingerprint density at radius 3 is 2.36 bits per heavy atom. The van der Waals surface area contributed by atoms with Crippen molar-refractivity contribution in [2.45, 2.75) is 17.1 Å². The molecule has 0 aliphatic rings. The molecule has 22 heavy (non-hydrogen) atoms. The molecule has 112 valence electrons. The molecule has 0 aliphatic heterocycles. The lowest BCUT2D eigenvalue weighted by atomic mass is 10.2. The number of nitrogens with one attached hydrogen (secondary N) is 1. The molecule has 0 spiro atoms. The topological polar surface area (TPSA) is 62.1 Å². The summed E-state index contributed by atoms with van der Waals surface area (Å²) < 4.78 is 5.11. The second kappa shape index (κ2) is 7.53. The Bertz CT molecular complexity index is 675. The number of amides is 1. The van der Waals surface area contributed by atoms with E-state index in [1.807, 2.05) is 37.3 Å². The highest BCUT2D eigenvalue weighted by Gasteiger charge is 2.14. The fraction of sp³-hybridized carbons (Fsp3) is 0.176. The molecule has 1 atom stereocenters. The fourth-order valence-electron chi connectivity index (χ4n) is 1.78. The lowest BCUT2D eigenvalue weighted by Gasteiger charge is -2.12. The van der Waals surface area contributed by atoms with Gasteiger partial charge in [-0.3, -0.25) is 4.79 Å². The minimum Gasteiger partial charge on any atom is -0.497 e. The van der Waals surface area contributed by atoms with Gasteiger partial charge in [-0.05, 0) is 55.5 Å². The normalized spacial score (nSPS) is 11.3. The molecule has 0 aliphatic carbocycles. The summed E-state index contributed by atoms with van der Waals surface area (Å²) in [6.07, 6.45) is 0. The molecule has 2 rings (SSSR count). The summed E-state index contributed by atoms with van der Waals surface area (Å²) in [6.45, 7) is 1.86. The van der Waals surface area contributed by atoms with Crippen LogP contribution >= 0.6 is 11.8 Å². The molecule has 4 nitrogen and oxygen atoms in total. The quantitative estimate of drug-likeness (QED) is 0.855. The Hall–Kier alpha value is -2.45. The average molecular weight is 312 g/mol. The van der Waals surface area contributed by atoms with Crippen molar-refractivity contribution in [1.82, 2.24) is 0 Å². The first-order valence-corrected chi connectivity index (χ1v) is 7.62. The van der Waals surface area contributed by atoms with Crippen LogP contribution in [0.15, 0.2) is 53.4 Å². The smallest absolute Gasteiger partial charge is 0.237 e. The van der Waals surface area contributed by atoms with Gasteiger partial charge in [0.2, 0.25) is 5.91 Å². The number of hydrogen-bond acceptors (Lipinski definition) is 4. The Kier molecular flexibility index (Phi) is 5.45. The van der Waals surface area contributed by atoms with Crippen molar-refractivity contribution in [2.24, 2.45) is 0 Å². The van der Waals surface area contributed by atoms with E-state index >= 15 is 0 Å². The van der Waals surface area contributed by atoms with Crippen molar-refractivity contribution < 1.29 is 9.53 Å². The molecule has 0 heterocycles. The molecule has 0 saturated carbocycles. The maximum Gasteiger partial charge on any atom is 0.237 e. The van der Waals surface area contributed by atoms with Crippen LogP contribution in [0, 0.1) is 11.3 Å². The van der Waals surface area contributed by atoms with Gasteiger partial charge >= 0.3 is 0 Å². The average Bonchev–Trinajstić information content (AvgIpc) is 2.56. The number of rotatable bonds is 5. The summed E-state index contributed by atoms with van der Waals surface area (Å²) in [5.41, 5.74) is 1.25. The Morgan fingerprint density at radius 2 is 1.82 bits per heavy atom. The number of ether oxygens (including phenoxy) is 1. The molecule has 1 N–H and O–H groups in total. The molecule has 0 radical (unpaired) electrons. The van der Waals surface area contributed by atoms with E-state index < -0.39 is 0 Å². The number of hydrogen-bond donors (Lipinski definition) is 1. The molecule has 0 unspecified atom stereocenters. The van der Waals surface area contributed by atoms with Gasteiger partial charge in [0.15, 0.2) is 0 Å². The number of carbonyl (C=O) groups is 1. The van der Waals surface area contributed by atoms with E-state index in [4.69, 9.17) is 10.00 Å². The molecule has 1 amide bonds. The van der Waals surface area contributed by atoms with Gasteiger partial charge in [0, 0.05) is 10.6 Å². The SMILES string of the molecule is COc1ccc(S[C@H](C)C(=O)Nc2ccc(C#N)cc2)cc1. The second-order valence-electron chi connectivity index (χ2n) is 4.61. The molecule has 0 saturated heterocycles. The zero-order chi connectivity index (χ0) is 15.9. The molecular formula is C17H16N2O2S. The van der Waals surface area contributed by atoms with E-state index in [1.54, 1.807) is 31.4 Å². The van der Waals surface area contributed by atoms with Crippen LogP contribution < -0.4 is 10.1 Å². The molecule has 0 fully saturated rings. The summed E-state index contributed by atoms with van der Waals surface area (Å²) in [5.74, 6) is 0.713. The van der Waals surface area contributed by atoms with Crippen molar-refractivity contribution in [2.75, 3.05) is 12.4 Å². The van der Waals surface area contributed by atoms with Gasteiger partial charge in [0.25, 0.3) is 0 Å². The first kappa shape index (κ1) is 15.9. The Labute approximate surface area is 134 Å². The molecule has 2 aromatic carbocycles. The van der Waals surface area contributed by atoms with Crippen molar-refractivity contribution in [3.63, 3.8) is 0 Å². The number of carbonyl (C=O) groups excluding carboxylic acids is 1. The minimum absolute atomic E-state index is 0.0782. The third-order valence-corrected chi connectivity index (χ3v) is 4.14. The first-order valence-electron chi connectivity index (χ1n) is 6.74. The first-order chi connectivity index (χ1) is 10.6.